The molecule has 0 aliphatic rings. The van der Waals surface area contributed by atoms with Crippen molar-refractivity contribution in [2.24, 2.45) is 0 Å². The van der Waals surface area contributed by atoms with E-state index in [-0.39, 0.29) is 12.4 Å². The van der Waals surface area contributed by atoms with Gasteiger partial charge in [-0.3, -0.25) is 0 Å². The van der Waals surface area contributed by atoms with Crippen LogP contribution in [0.5, 0.6) is 5.75 Å². The van der Waals surface area contributed by atoms with Gasteiger partial charge in [-0.05, 0) is 32.0 Å². The van der Waals surface area contributed by atoms with Gasteiger partial charge in [-0.2, -0.15) is 0 Å². The van der Waals surface area contributed by atoms with Crippen molar-refractivity contribution in [1.82, 2.24) is 4.98 Å². The van der Waals surface area contributed by atoms with Crippen molar-refractivity contribution < 1.29 is 14.2 Å². The summed E-state index contributed by atoms with van der Waals surface area (Å²) in [6, 6.07) is 4.11. The second-order valence-corrected chi connectivity index (χ2v) is 5.24. The van der Waals surface area contributed by atoms with E-state index >= 15 is 0 Å². The van der Waals surface area contributed by atoms with Crippen molar-refractivity contribution in [3.63, 3.8) is 0 Å². The second kappa shape index (κ2) is 5.46. The third-order valence-corrected chi connectivity index (χ3v) is 3.66. The first-order valence-corrected chi connectivity index (χ1v) is 6.37. The number of benzene rings is 1. The van der Waals surface area contributed by atoms with Crippen LogP contribution in [0.2, 0.25) is 0 Å². The maximum atomic E-state index is 13.0. The minimum atomic E-state index is -0.382. The van der Waals surface area contributed by atoms with E-state index in [2.05, 4.69) is 4.98 Å². The van der Waals surface area contributed by atoms with E-state index in [9.17, 15) is 4.39 Å². The summed E-state index contributed by atoms with van der Waals surface area (Å²) in [7, 11) is 0. The van der Waals surface area contributed by atoms with E-state index in [1.165, 1.54) is 18.2 Å². The highest BCUT2D eigenvalue weighted by atomic mass is 32.1. The van der Waals surface area contributed by atoms with Crippen LogP contribution in [0.3, 0.4) is 0 Å². The van der Waals surface area contributed by atoms with Gasteiger partial charge in [-0.1, -0.05) is 0 Å². The van der Waals surface area contributed by atoms with E-state index in [0.29, 0.717) is 17.9 Å². The molecule has 0 bridgehead atoms. The van der Waals surface area contributed by atoms with Gasteiger partial charge in [0.1, 0.15) is 23.2 Å². The lowest BCUT2D eigenvalue weighted by atomic mass is 10.2. The van der Waals surface area contributed by atoms with Crippen molar-refractivity contribution in [3.8, 4) is 5.75 Å². The molecule has 2 aromatic rings. The molecule has 0 saturated carbocycles. The highest BCUT2D eigenvalue weighted by Gasteiger charge is 2.08. The van der Waals surface area contributed by atoms with Gasteiger partial charge in [0.05, 0.1) is 12.3 Å². The Morgan fingerprint density at radius 3 is 2.78 bits per heavy atom. The molecule has 1 N–H and O–H groups in total. The zero-order valence-electron chi connectivity index (χ0n) is 10.2. The van der Waals surface area contributed by atoms with Crippen LogP contribution in [0, 0.1) is 19.7 Å². The largest absolute Gasteiger partial charge is 0.486 e. The molecule has 0 fully saturated rings. The lowest BCUT2D eigenvalue weighted by molar-refractivity contribution is 0.258. The monoisotopic (exact) mass is 267 g/mol. The van der Waals surface area contributed by atoms with Crippen LogP contribution in [0.15, 0.2) is 18.2 Å². The number of thiazole rings is 1. The van der Waals surface area contributed by atoms with E-state index in [1.807, 2.05) is 13.8 Å². The van der Waals surface area contributed by atoms with Crippen LogP contribution < -0.4 is 4.74 Å². The van der Waals surface area contributed by atoms with Crippen molar-refractivity contribution >= 4 is 11.3 Å². The first kappa shape index (κ1) is 13.0. The Morgan fingerprint density at radius 1 is 1.39 bits per heavy atom. The number of nitrogens with zero attached hydrogens (tertiary/aromatic N) is 1. The molecular formula is C13H14FNO2S. The molecule has 1 aromatic heterocycles. The number of hydrogen-bond acceptors (Lipinski definition) is 4. The minimum Gasteiger partial charge on any atom is -0.486 e. The van der Waals surface area contributed by atoms with E-state index < -0.39 is 0 Å². The molecule has 0 unspecified atom stereocenters. The summed E-state index contributed by atoms with van der Waals surface area (Å²) >= 11 is 1.58. The summed E-state index contributed by atoms with van der Waals surface area (Å²) in [6.45, 7) is 4.04. The molecule has 0 aliphatic carbocycles. The summed E-state index contributed by atoms with van der Waals surface area (Å²) in [4.78, 5) is 5.52. The highest BCUT2D eigenvalue weighted by Crippen LogP contribution is 2.23. The van der Waals surface area contributed by atoms with Gasteiger partial charge < -0.3 is 9.84 Å². The molecule has 96 valence electrons. The van der Waals surface area contributed by atoms with Crippen molar-refractivity contribution in [2.75, 3.05) is 0 Å². The van der Waals surface area contributed by atoms with Gasteiger partial charge in [0.25, 0.3) is 0 Å². The Morgan fingerprint density at radius 2 is 2.17 bits per heavy atom. The maximum absolute atomic E-state index is 13.0. The Balaban J connectivity index is 2.10. The third kappa shape index (κ3) is 2.86. The summed E-state index contributed by atoms with van der Waals surface area (Å²) in [5.74, 6) is 0.108. The molecule has 1 heterocycles. The fourth-order valence-corrected chi connectivity index (χ4v) is 2.40. The summed E-state index contributed by atoms with van der Waals surface area (Å²) in [6.07, 6.45) is 0. The lowest BCUT2D eigenvalue weighted by Gasteiger charge is -2.08. The Bertz CT molecular complexity index is 534. The fraction of sp³-hybridized carbons (Fsp3) is 0.308. The zero-order valence-corrected chi connectivity index (χ0v) is 11.1. The Labute approximate surface area is 109 Å². The number of rotatable bonds is 4. The van der Waals surface area contributed by atoms with Crippen LogP contribution in [0.1, 0.15) is 21.1 Å². The van der Waals surface area contributed by atoms with Crippen LogP contribution in [-0.2, 0) is 13.2 Å². The molecule has 0 aliphatic heterocycles. The molecule has 5 heteroatoms. The minimum absolute atomic E-state index is 0.247. The van der Waals surface area contributed by atoms with Gasteiger partial charge >= 0.3 is 0 Å². The van der Waals surface area contributed by atoms with Crippen molar-refractivity contribution in [1.29, 1.82) is 0 Å². The number of halogens is 1. The molecular weight excluding hydrogens is 253 g/mol. The third-order valence-electron chi connectivity index (χ3n) is 2.62. The first-order chi connectivity index (χ1) is 8.60. The normalized spacial score (nSPS) is 10.7. The van der Waals surface area contributed by atoms with Gasteiger partial charge in [0.15, 0.2) is 0 Å². The zero-order chi connectivity index (χ0) is 13.1. The number of aliphatic hydroxyl groups is 1. The van der Waals surface area contributed by atoms with E-state index in [0.717, 1.165) is 15.6 Å². The molecule has 0 atom stereocenters. The fourth-order valence-electron chi connectivity index (χ4n) is 1.55. The summed E-state index contributed by atoms with van der Waals surface area (Å²) in [5.41, 5.74) is 1.44. The number of hydrogen-bond donors (Lipinski definition) is 1. The van der Waals surface area contributed by atoms with Gasteiger partial charge in [-0.15, -0.1) is 11.3 Å². The average Bonchev–Trinajstić information content (AvgIpc) is 2.67. The van der Waals surface area contributed by atoms with Gasteiger partial charge in [0.2, 0.25) is 0 Å². The quantitative estimate of drug-likeness (QED) is 0.926. The summed E-state index contributed by atoms with van der Waals surface area (Å²) < 4.78 is 18.5. The van der Waals surface area contributed by atoms with Gasteiger partial charge in [-0.25, -0.2) is 9.37 Å². The SMILES string of the molecule is Cc1nc(COc2ccc(F)cc2CO)sc1C. The smallest absolute Gasteiger partial charge is 0.140 e. The van der Waals surface area contributed by atoms with Crippen molar-refractivity contribution in [2.45, 2.75) is 27.1 Å². The number of ether oxygens (including phenoxy) is 1. The van der Waals surface area contributed by atoms with Crippen LogP contribution in [0.25, 0.3) is 0 Å². The lowest BCUT2D eigenvalue weighted by Crippen LogP contribution is -1.99. The summed E-state index contributed by atoms with van der Waals surface area (Å²) in [5, 5.41) is 10.0. The molecule has 18 heavy (non-hydrogen) atoms. The van der Waals surface area contributed by atoms with Crippen LogP contribution in [0.4, 0.5) is 4.39 Å². The predicted molar refractivity (Wildman–Crippen MR) is 68.2 cm³/mol. The van der Waals surface area contributed by atoms with E-state index in [1.54, 1.807) is 11.3 Å². The molecule has 0 amide bonds. The number of aromatic nitrogens is 1. The van der Waals surface area contributed by atoms with Gasteiger partial charge in [0, 0.05) is 10.4 Å². The molecule has 3 nitrogen and oxygen atoms in total. The molecule has 0 spiro atoms. The Kier molecular flexibility index (Phi) is 3.93. The molecule has 2 rings (SSSR count). The number of aryl methyl sites for hydroxylation is 2. The molecule has 0 radical (unpaired) electrons. The first-order valence-electron chi connectivity index (χ1n) is 5.55. The molecule has 1 aromatic carbocycles. The number of aliphatic hydroxyl groups excluding tert-OH is 1. The second-order valence-electron chi connectivity index (χ2n) is 3.95. The van der Waals surface area contributed by atoms with Crippen molar-refractivity contribution in [3.05, 3.63) is 45.2 Å². The van der Waals surface area contributed by atoms with Crippen LogP contribution >= 0.6 is 11.3 Å². The topological polar surface area (TPSA) is 42.4 Å². The average molecular weight is 267 g/mol. The van der Waals surface area contributed by atoms with Crippen LogP contribution in [-0.4, -0.2) is 10.1 Å². The van der Waals surface area contributed by atoms with E-state index in [4.69, 9.17) is 9.84 Å². The Hall–Kier alpha value is -1.46. The standard InChI is InChI=1S/C13H14FNO2S/c1-8-9(2)18-13(15-8)7-17-12-4-3-11(14)5-10(12)6-16/h3-5,16H,6-7H2,1-2H3. The maximum Gasteiger partial charge on any atom is 0.140 e. The predicted octanol–water partition coefficient (Wildman–Crippen LogP) is 2.97. The highest BCUT2D eigenvalue weighted by molar-refractivity contribution is 7.11. The molecule has 0 saturated heterocycles.